The van der Waals surface area contributed by atoms with Gasteiger partial charge in [-0.2, -0.15) is 16.7 Å². The summed E-state index contributed by atoms with van der Waals surface area (Å²) in [5.41, 5.74) is -16.8. The van der Waals surface area contributed by atoms with Gasteiger partial charge in [-0.15, -0.1) is 16.7 Å². The van der Waals surface area contributed by atoms with Crippen molar-refractivity contribution >= 4 is 46.8 Å². The molecule has 3 aromatic carbocycles. The number of fused-ring (bicyclic) bond motifs is 9. The maximum Gasteiger partial charge on any atom is 3.00 e. The van der Waals surface area contributed by atoms with Gasteiger partial charge in [0.1, 0.15) is 12.6 Å². The third-order valence-electron chi connectivity index (χ3n) is 10.1. The number of hydrogen-bond donors (Lipinski definition) is 0. The smallest absolute Gasteiger partial charge is 0.664 e. The monoisotopic (exact) mass is 985 g/mol. The van der Waals surface area contributed by atoms with Crippen LogP contribution in [0.15, 0.2) is 42.7 Å². The molecule has 0 spiro atoms. The van der Waals surface area contributed by atoms with Crippen molar-refractivity contribution in [3.63, 3.8) is 0 Å². The Hall–Kier alpha value is -7.39. The van der Waals surface area contributed by atoms with Crippen LogP contribution in [0.2, 0.25) is 0 Å². The zero-order valence-electron chi connectivity index (χ0n) is 32.4. The molecule has 7 aromatic rings. The van der Waals surface area contributed by atoms with Crippen LogP contribution in [-0.4, -0.2) is 22.5 Å². The van der Waals surface area contributed by atoms with Gasteiger partial charge in [0.05, 0.1) is 28.1 Å². The minimum atomic E-state index is -2.66. The summed E-state index contributed by atoms with van der Waals surface area (Å²) in [5, 5.41) is 0. The molecule has 0 saturated carbocycles. The SMILES string of the molecule is O=Cc1cc2[n-]c1c(-c1c(F)c(F)c(F)c(F)c1F)c1nc(c(-c3c(F)c(F)c(F)c(F)c3F)c3[n-]c(c(-c4c(F)c(F)c(F)c(F)c4F)c4[n-]c2cc4C=O)CC3)C=C1.[Mn+3].c1ccncc1. The van der Waals surface area contributed by atoms with Crippen molar-refractivity contribution in [1.29, 1.82) is 0 Å². The molecule has 0 unspecified atom stereocenters. The molecule has 0 aliphatic carbocycles. The van der Waals surface area contributed by atoms with Crippen LogP contribution >= 0.6 is 0 Å². The quantitative estimate of drug-likeness (QED) is 0.0556. The fourth-order valence-electron chi connectivity index (χ4n) is 7.20. The van der Waals surface area contributed by atoms with Crippen LogP contribution in [-0.2, 0) is 29.9 Å². The predicted molar refractivity (Wildman–Crippen MR) is 201 cm³/mol. The van der Waals surface area contributed by atoms with Gasteiger partial charge >= 0.3 is 17.1 Å². The van der Waals surface area contributed by atoms with Crippen molar-refractivity contribution in [2.75, 3.05) is 0 Å². The zero-order valence-corrected chi connectivity index (χ0v) is 33.5. The van der Waals surface area contributed by atoms with Crippen LogP contribution in [0.4, 0.5) is 65.9 Å². The van der Waals surface area contributed by atoms with Crippen LogP contribution < -0.4 is 15.0 Å². The number of aryl methyl sites for hydroxylation is 2. The Kier molecular flexibility index (Phi) is 12.9. The second-order valence-electron chi connectivity index (χ2n) is 13.8. The van der Waals surface area contributed by atoms with E-state index < -0.39 is 189 Å². The molecule has 340 valence electrons. The van der Waals surface area contributed by atoms with E-state index in [1.807, 2.05) is 18.2 Å². The normalized spacial score (nSPS) is 11.9. The molecule has 0 amide bonds. The van der Waals surface area contributed by atoms with Crippen LogP contribution in [0.3, 0.4) is 0 Å². The third-order valence-corrected chi connectivity index (χ3v) is 10.1. The topological polar surface area (TPSA) is 102 Å². The van der Waals surface area contributed by atoms with Crippen molar-refractivity contribution in [2.45, 2.75) is 12.8 Å². The molecule has 7 nitrogen and oxygen atoms in total. The van der Waals surface area contributed by atoms with E-state index in [1.165, 1.54) is 0 Å². The second kappa shape index (κ2) is 18.1. The van der Waals surface area contributed by atoms with Gasteiger partial charge < -0.3 is 15.0 Å². The molecule has 0 fully saturated rings. The van der Waals surface area contributed by atoms with Gasteiger partial charge in [-0.25, -0.2) is 70.8 Å². The number of hydrogen-bond acceptors (Lipinski definition) is 4. The molecule has 4 aromatic heterocycles. The molecule has 9 rings (SSSR count). The van der Waals surface area contributed by atoms with Gasteiger partial charge in [-0.05, 0) is 64.9 Å². The first kappa shape index (κ1) is 47.6. The molecule has 0 N–H and O–H groups in total. The minimum absolute atomic E-state index is 0. The predicted octanol–water partition coefficient (Wildman–Crippen LogP) is 10.9. The second-order valence-corrected chi connectivity index (χ2v) is 13.8. The van der Waals surface area contributed by atoms with E-state index in [-0.39, 0.29) is 29.6 Å². The number of pyridine rings is 1. The van der Waals surface area contributed by atoms with Gasteiger partial charge in [-0.1, -0.05) is 18.2 Å². The van der Waals surface area contributed by atoms with Gasteiger partial charge in [-0.3, -0.25) is 14.6 Å². The maximum atomic E-state index is 15.7. The van der Waals surface area contributed by atoms with Gasteiger partial charge in [0, 0.05) is 12.4 Å². The molecule has 6 heterocycles. The summed E-state index contributed by atoms with van der Waals surface area (Å²) in [6, 6.07) is 7.27. The molecule has 0 radical (unpaired) electrons. The zero-order chi connectivity index (χ0) is 47.6. The fourth-order valence-corrected chi connectivity index (χ4v) is 7.20. The van der Waals surface area contributed by atoms with E-state index in [0.29, 0.717) is 12.2 Å². The molecule has 2 aliphatic heterocycles. The van der Waals surface area contributed by atoms with Crippen molar-refractivity contribution in [3.8, 4) is 33.4 Å². The average molecular weight is 986 g/mol. The van der Waals surface area contributed by atoms with Gasteiger partial charge in [0.2, 0.25) is 17.5 Å². The molecular weight excluding hydrogens is 970 g/mol. The number of nitrogens with zero attached hydrogens (tertiary/aromatic N) is 5. The Morgan fingerprint density at radius 2 is 0.731 bits per heavy atom. The number of carbonyl (C=O) groups is 2. The van der Waals surface area contributed by atoms with E-state index in [0.717, 1.165) is 12.1 Å². The van der Waals surface area contributed by atoms with Crippen LogP contribution in [0.25, 0.3) is 67.6 Å². The summed E-state index contributed by atoms with van der Waals surface area (Å²) in [6.07, 6.45) is 3.31. The van der Waals surface area contributed by atoms with Crippen LogP contribution in [0.1, 0.15) is 43.5 Å². The number of aldehydes is 2. The first-order valence-corrected chi connectivity index (χ1v) is 18.3. The van der Waals surface area contributed by atoms with E-state index in [1.54, 1.807) is 12.4 Å². The van der Waals surface area contributed by atoms with Crippen LogP contribution in [0.5, 0.6) is 0 Å². The molecule has 67 heavy (non-hydrogen) atoms. The Morgan fingerprint density at radius 1 is 0.403 bits per heavy atom. The largest absolute Gasteiger partial charge is 3.00 e. The molecule has 8 bridgehead atoms. The Balaban J connectivity index is 0.000000882. The first-order valence-electron chi connectivity index (χ1n) is 18.3. The summed E-state index contributed by atoms with van der Waals surface area (Å²) in [5.74, 6) is -38.3. The number of aromatic nitrogens is 5. The molecule has 0 atom stereocenters. The molecule has 23 heteroatoms. The number of benzene rings is 3. The summed E-state index contributed by atoms with van der Waals surface area (Å²) < 4.78 is 225. The summed E-state index contributed by atoms with van der Waals surface area (Å²) >= 11 is 0. The Bertz CT molecular complexity index is 3330. The van der Waals surface area contributed by atoms with E-state index in [2.05, 4.69) is 24.9 Å². The molecule has 2 aliphatic rings. The van der Waals surface area contributed by atoms with Crippen LogP contribution in [0, 0.1) is 87.3 Å². The average Bonchev–Trinajstić information content (AvgIpc) is 4.17. The maximum absolute atomic E-state index is 15.7. The molecular formula is C44H15F15MnN5O2. The van der Waals surface area contributed by atoms with Gasteiger partial charge in [0.25, 0.3) is 0 Å². The molecule has 0 saturated heterocycles. The number of halogens is 15. The Labute approximate surface area is 373 Å². The van der Waals surface area contributed by atoms with Crippen molar-refractivity contribution in [3.05, 3.63) is 164 Å². The fraction of sp³-hybridized carbons (Fsp3) is 0.0455. The van der Waals surface area contributed by atoms with E-state index in [9.17, 15) is 49.1 Å². The minimum Gasteiger partial charge on any atom is -0.664 e. The van der Waals surface area contributed by atoms with Crippen molar-refractivity contribution in [2.24, 2.45) is 0 Å². The number of carbonyl (C=O) groups excluding carboxylic acids is 2. The first-order chi connectivity index (χ1) is 31.4. The standard InChI is InChI=1S/C39H12F15N4O2.C5H5N.Mn/c40-23-20(24(41)30(47)35(52)29(23)46)17-11-1-3-13(55-11)18(21-25(42)31(48)36(53)32(49)26(21)43)38-9(7-59)5-15(57-38)16-6-10(8-60)39(58-16)19(14-4-2-12(17)56-14)22-27(44)33(50)37(54)34(51)28(22)45;1-2-4-6-5-3-1;/h1,3,5-8H,2,4H2,(H2-,55,56,57,58,59,60);1-5H;/q-1;;+3/p-2. The summed E-state index contributed by atoms with van der Waals surface area (Å²) in [7, 11) is 0. The third kappa shape index (κ3) is 7.66. The Morgan fingerprint density at radius 3 is 1.09 bits per heavy atom. The summed E-state index contributed by atoms with van der Waals surface area (Å²) in [6.45, 7) is 0. The van der Waals surface area contributed by atoms with Crippen molar-refractivity contribution in [1.82, 2.24) is 24.9 Å². The summed E-state index contributed by atoms with van der Waals surface area (Å²) in [4.78, 5) is 44.8. The van der Waals surface area contributed by atoms with Crippen molar-refractivity contribution < 1.29 is 92.5 Å². The van der Waals surface area contributed by atoms with E-state index in [4.69, 9.17) is 0 Å². The van der Waals surface area contributed by atoms with Gasteiger partial charge in [0.15, 0.2) is 69.8 Å². The number of rotatable bonds is 5. The van der Waals surface area contributed by atoms with E-state index >= 15 is 26.3 Å².